The standard InChI is InChI=1S/C10H20O2/c1-8(11)6-5-7-9(12)10(2,3)4/h8,11H,5-7H2,1-4H3. The van der Waals surface area contributed by atoms with Crippen LogP contribution in [0.25, 0.3) is 0 Å². The Balaban J connectivity index is 3.59. The van der Waals surface area contributed by atoms with E-state index in [0.717, 1.165) is 12.8 Å². The summed E-state index contributed by atoms with van der Waals surface area (Å²) >= 11 is 0. The van der Waals surface area contributed by atoms with Crippen LogP contribution in [0.4, 0.5) is 0 Å². The smallest absolute Gasteiger partial charge is 0.138 e. The fourth-order valence-electron chi connectivity index (χ4n) is 0.933. The van der Waals surface area contributed by atoms with Gasteiger partial charge in [-0.2, -0.15) is 0 Å². The first-order valence-corrected chi connectivity index (χ1v) is 4.55. The number of ketones is 1. The molecule has 72 valence electrons. The maximum Gasteiger partial charge on any atom is 0.138 e. The molecule has 0 aliphatic carbocycles. The van der Waals surface area contributed by atoms with E-state index in [4.69, 9.17) is 5.11 Å². The van der Waals surface area contributed by atoms with Crippen molar-refractivity contribution in [2.45, 2.75) is 53.1 Å². The monoisotopic (exact) mass is 172 g/mol. The van der Waals surface area contributed by atoms with Crippen molar-refractivity contribution in [3.8, 4) is 0 Å². The Morgan fingerprint density at radius 2 is 1.92 bits per heavy atom. The summed E-state index contributed by atoms with van der Waals surface area (Å²) in [6, 6.07) is 0. The quantitative estimate of drug-likeness (QED) is 0.705. The number of hydrogen-bond donors (Lipinski definition) is 1. The molecule has 0 heterocycles. The van der Waals surface area contributed by atoms with E-state index in [1.54, 1.807) is 6.92 Å². The molecule has 2 nitrogen and oxygen atoms in total. The molecule has 0 rings (SSSR count). The average Bonchev–Trinajstić information content (AvgIpc) is 1.84. The highest BCUT2D eigenvalue weighted by Gasteiger charge is 2.20. The van der Waals surface area contributed by atoms with E-state index in [2.05, 4.69) is 0 Å². The molecule has 0 radical (unpaired) electrons. The Labute approximate surface area is 75.0 Å². The lowest BCUT2D eigenvalue weighted by atomic mass is 9.88. The van der Waals surface area contributed by atoms with Crippen molar-refractivity contribution in [3.05, 3.63) is 0 Å². The van der Waals surface area contributed by atoms with Gasteiger partial charge < -0.3 is 5.11 Å². The van der Waals surface area contributed by atoms with Crippen molar-refractivity contribution >= 4 is 5.78 Å². The third-order valence-corrected chi connectivity index (χ3v) is 1.86. The van der Waals surface area contributed by atoms with Crippen LogP contribution < -0.4 is 0 Å². The van der Waals surface area contributed by atoms with Crippen molar-refractivity contribution in [2.75, 3.05) is 0 Å². The molecular weight excluding hydrogens is 152 g/mol. The normalized spacial score (nSPS) is 14.4. The fraction of sp³-hybridized carbons (Fsp3) is 0.900. The van der Waals surface area contributed by atoms with E-state index in [1.807, 2.05) is 20.8 Å². The molecule has 1 N–H and O–H groups in total. The summed E-state index contributed by atoms with van der Waals surface area (Å²) in [5.41, 5.74) is -0.224. The summed E-state index contributed by atoms with van der Waals surface area (Å²) in [5.74, 6) is 0.281. The highest BCUT2D eigenvalue weighted by molar-refractivity contribution is 5.83. The van der Waals surface area contributed by atoms with Gasteiger partial charge in [0, 0.05) is 11.8 Å². The number of Topliss-reactive ketones (excluding diaryl/α,β-unsaturated/α-hetero) is 1. The van der Waals surface area contributed by atoms with Crippen LogP contribution in [0.15, 0.2) is 0 Å². The van der Waals surface area contributed by atoms with Crippen LogP contribution in [0, 0.1) is 5.41 Å². The first kappa shape index (κ1) is 11.6. The van der Waals surface area contributed by atoms with Gasteiger partial charge in [-0.05, 0) is 19.8 Å². The van der Waals surface area contributed by atoms with Crippen LogP contribution in [0.2, 0.25) is 0 Å². The Hall–Kier alpha value is -0.370. The zero-order valence-electron chi connectivity index (χ0n) is 8.55. The van der Waals surface area contributed by atoms with Gasteiger partial charge in [-0.3, -0.25) is 4.79 Å². The van der Waals surface area contributed by atoms with Gasteiger partial charge in [0.05, 0.1) is 6.10 Å². The lowest BCUT2D eigenvalue weighted by Gasteiger charge is -2.16. The number of hydrogen-bond acceptors (Lipinski definition) is 2. The minimum Gasteiger partial charge on any atom is -0.393 e. The maximum absolute atomic E-state index is 11.4. The topological polar surface area (TPSA) is 37.3 Å². The molecular formula is C10H20O2. The Bertz CT molecular complexity index is 142. The van der Waals surface area contributed by atoms with Crippen molar-refractivity contribution in [3.63, 3.8) is 0 Å². The van der Waals surface area contributed by atoms with Crippen LogP contribution in [0.5, 0.6) is 0 Å². The molecule has 0 aliphatic rings. The second-order valence-corrected chi connectivity index (χ2v) is 4.41. The molecule has 0 bridgehead atoms. The van der Waals surface area contributed by atoms with Gasteiger partial charge in [-0.15, -0.1) is 0 Å². The van der Waals surface area contributed by atoms with E-state index >= 15 is 0 Å². The van der Waals surface area contributed by atoms with Gasteiger partial charge in [0.2, 0.25) is 0 Å². The van der Waals surface area contributed by atoms with Gasteiger partial charge in [-0.1, -0.05) is 20.8 Å². The lowest BCUT2D eigenvalue weighted by Crippen LogP contribution is -2.20. The molecule has 0 aromatic heterocycles. The SMILES string of the molecule is CC(O)CCCC(=O)C(C)(C)C. The number of aliphatic hydroxyl groups is 1. The number of carbonyl (C=O) groups excluding carboxylic acids is 1. The van der Waals surface area contributed by atoms with Crippen LogP contribution in [-0.2, 0) is 4.79 Å². The van der Waals surface area contributed by atoms with Crippen molar-refractivity contribution < 1.29 is 9.90 Å². The van der Waals surface area contributed by atoms with Crippen LogP contribution in [-0.4, -0.2) is 17.0 Å². The summed E-state index contributed by atoms with van der Waals surface area (Å²) in [6.07, 6.45) is 1.84. The molecule has 12 heavy (non-hydrogen) atoms. The summed E-state index contributed by atoms with van der Waals surface area (Å²) < 4.78 is 0. The average molecular weight is 172 g/mol. The minimum atomic E-state index is -0.280. The third-order valence-electron chi connectivity index (χ3n) is 1.86. The van der Waals surface area contributed by atoms with Crippen LogP contribution >= 0.6 is 0 Å². The van der Waals surface area contributed by atoms with Gasteiger partial charge in [0.1, 0.15) is 5.78 Å². The summed E-state index contributed by atoms with van der Waals surface area (Å²) in [7, 11) is 0. The predicted molar refractivity (Wildman–Crippen MR) is 50.0 cm³/mol. The minimum absolute atomic E-state index is 0.224. The van der Waals surface area contributed by atoms with Gasteiger partial charge in [0.15, 0.2) is 0 Å². The van der Waals surface area contributed by atoms with E-state index in [9.17, 15) is 4.79 Å². The summed E-state index contributed by atoms with van der Waals surface area (Å²) in [4.78, 5) is 11.4. The van der Waals surface area contributed by atoms with Crippen molar-refractivity contribution in [1.82, 2.24) is 0 Å². The highest BCUT2D eigenvalue weighted by atomic mass is 16.3. The Morgan fingerprint density at radius 1 is 1.42 bits per heavy atom. The molecule has 1 unspecified atom stereocenters. The molecule has 0 fully saturated rings. The second-order valence-electron chi connectivity index (χ2n) is 4.41. The van der Waals surface area contributed by atoms with Crippen LogP contribution in [0.3, 0.4) is 0 Å². The van der Waals surface area contributed by atoms with Crippen molar-refractivity contribution in [1.29, 1.82) is 0 Å². The Kier molecular flexibility index (Phi) is 4.46. The highest BCUT2D eigenvalue weighted by Crippen LogP contribution is 2.18. The molecule has 0 saturated carbocycles. The summed E-state index contributed by atoms with van der Waals surface area (Å²) in [5, 5.41) is 8.96. The van der Waals surface area contributed by atoms with E-state index in [1.165, 1.54) is 0 Å². The second kappa shape index (κ2) is 4.61. The van der Waals surface area contributed by atoms with E-state index in [0.29, 0.717) is 6.42 Å². The lowest BCUT2D eigenvalue weighted by molar-refractivity contribution is -0.126. The molecule has 0 aliphatic heterocycles. The van der Waals surface area contributed by atoms with E-state index < -0.39 is 0 Å². The fourth-order valence-corrected chi connectivity index (χ4v) is 0.933. The van der Waals surface area contributed by atoms with Crippen LogP contribution in [0.1, 0.15) is 47.0 Å². The molecule has 0 saturated heterocycles. The molecule has 2 heteroatoms. The molecule has 0 aromatic carbocycles. The predicted octanol–water partition coefficient (Wildman–Crippen LogP) is 2.15. The first-order chi connectivity index (χ1) is 5.34. The number of aliphatic hydroxyl groups excluding tert-OH is 1. The van der Waals surface area contributed by atoms with E-state index in [-0.39, 0.29) is 17.3 Å². The molecule has 0 aromatic rings. The first-order valence-electron chi connectivity index (χ1n) is 4.55. The number of rotatable bonds is 4. The molecule has 0 amide bonds. The zero-order chi connectivity index (χ0) is 9.78. The third kappa shape index (κ3) is 5.30. The largest absolute Gasteiger partial charge is 0.393 e. The van der Waals surface area contributed by atoms with Gasteiger partial charge in [-0.25, -0.2) is 0 Å². The molecule has 0 spiro atoms. The van der Waals surface area contributed by atoms with Gasteiger partial charge >= 0.3 is 0 Å². The molecule has 1 atom stereocenters. The summed E-state index contributed by atoms with van der Waals surface area (Å²) in [6.45, 7) is 7.54. The zero-order valence-corrected chi connectivity index (χ0v) is 8.55. The maximum atomic E-state index is 11.4. The van der Waals surface area contributed by atoms with Gasteiger partial charge in [0.25, 0.3) is 0 Å². The van der Waals surface area contributed by atoms with Crippen molar-refractivity contribution in [2.24, 2.45) is 5.41 Å². The number of carbonyl (C=O) groups is 1. The Morgan fingerprint density at radius 3 is 2.25 bits per heavy atom.